The Labute approximate surface area is 135 Å². The molecule has 1 amide bonds. The molecule has 1 aromatic carbocycles. The Balaban J connectivity index is 2.08. The Bertz CT molecular complexity index is 582. The molecule has 0 aromatic heterocycles. The van der Waals surface area contributed by atoms with Crippen molar-refractivity contribution in [2.45, 2.75) is 37.8 Å². The van der Waals surface area contributed by atoms with Crippen LogP contribution in [0.25, 0.3) is 0 Å². The van der Waals surface area contributed by atoms with Gasteiger partial charge in [-0.1, -0.05) is 12.1 Å². The fraction of sp³-hybridized carbons (Fsp3) is 0.467. The van der Waals surface area contributed by atoms with Gasteiger partial charge < -0.3 is 19.9 Å². The summed E-state index contributed by atoms with van der Waals surface area (Å²) in [4.78, 5) is 23.0. The van der Waals surface area contributed by atoms with Crippen LogP contribution in [0, 0.1) is 0 Å². The van der Waals surface area contributed by atoms with E-state index in [9.17, 15) is 22.8 Å². The average molecular weight is 347 g/mol. The van der Waals surface area contributed by atoms with Crippen LogP contribution in [0.1, 0.15) is 30.9 Å². The van der Waals surface area contributed by atoms with Crippen LogP contribution in [-0.2, 0) is 14.3 Å². The molecular weight excluding hydrogens is 331 g/mol. The first-order valence-electron chi connectivity index (χ1n) is 7.24. The molecule has 1 aromatic rings. The van der Waals surface area contributed by atoms with E-state index in [1.54, 1.807) is 0 Å². The highest BCUT2D eigenvalue weighted by atomic mass is 19.4. The fourth-order valence-corrected chi connectivity index (χ4v) is 2.38. The first-order chi connectivity index (χ1) is 11.2. The van der Waals surface area contributed by atoms with E-state index >= 15 is 0 Å². The summed E-state index contributed by atoms with van der Waals surface area (Å²) in [6, 6.07) is 3.82. The van der Waals surface area contributed by atoms with Crippen LogP contribution in [0.4, 0.5) is 13.2 Å². The van der Waals surface area contributed by atoms with Crippen molar-refractivity contribution in [1.29, 1.82) is 0 Å². The number of hydrogen-bond acceptors (Lipinski definition) is 4. The van der Waals surface area contributed by atoms with Crippen molar-refractivity contribution in [1.82, 2.24) is 5.32 Å². The van der Waals surface area contributed by atoms with Gasteiger partial charge in [-0.05, 0) is 30.5 Å². The smallest absolute Gasteiger partial charge is 0.481 e. The monoisotopic (exact) mass is 347 g/mol. The summed E-state index contributed by atoms with van der Waals surface area (Å²) in [5.74, 6) is -2.01. The summed E-state index contributed by atoms with van der Waals surface area (Å²) in [7, 11) is 0. The van der Waals surface area contributed by atoms with Crippen molar-refractivity contribution < 1.29 is 37.3 Å². The van der Waals surface area contributed by atoms with E-state index in [4.69, 9.17) is 9.84 Å². The van der Waals surface area contributed by atoms with Gasteiger partial charge in [0.1, 0.15) is 11.9 Å². The van der Waals surface area contributed by atoms with Gasteiger partial charge in [-0.25, -0.2) is 0 Å². The Morgan fingerprint density at radius 2 is 2.00 bits per heavy atom. The molecule has 2 unspecified atom stereocenters. The van der Waals surface area contributed by atoms with Crippen molar-refractivity contribution in [2.75, 3.05) is 6.61 Å². The maximum atomic E-state index is 12.1. The van der Waals surface area contributed by atoms with E-state index in [2.05, 4.69) is 10.1 Å². The average Bonchev–Trinajstić information content (AvgIpc) is 2.99. The third-order valence-corrected chi connectivity index (χ3v) is 3.43. The minimum absolute atomic E-state index is 0.360. The second kappa shape index (κ2) is 7.52. The second-order valence-electron chi connectivity index (χ2n) is 5.28. The number of alkyl halides is 3. The molecule has 1 fully saturated rings. The summed E-state index contributed by atoms with van der Waals surface area (Å²) < 4.78 is 45.4. The van der Waals surface area contributed by atoms with Crippen LogP contribution in [0.3, 0.4) is 0 Å². The van der Waals surface area contributed by atoms with Gasteiger partial charge in [0.05, 0.1) is 12.5 Å². The lowest BCUT2D eigenvalue weighted by Crippen LogP contribution is -2.37. The molecule has 1 saturated heterocycles. The highest BCUT2D eigenvalue weighted by Gasteiger charge is 2.31. The molecule has 2 rings (SSSR count). The Morgan fingerprint density at radius 1 is 1.33 bits per heavy atom. The molecule has 0 aliphatic carbocycles. The molecule has 9 heteroatoms. The van der Waals surface area contributed by atoms with Crippen molar-refractivity contribution in [2.24, 2.45) is 0 Å². The lowest BCUT2D eigenvalue weighted by Gasteiger charge is -2.20. The predicted molar refractivity (Wildman–Crippen MR) is 75.2 cm³/mol. The number of carbonyl (C=O) groups excluding carboxylic acids is 1. The number of carboxylic acid groups (broad SMARTS) is 1. The highest BCUT2D eigenvalue weighted by molar-refractivity contribution is 5.82. The van der Waals surface area contributed by atoms with Gasteiger partial charge in [-0.3, -0.25) is 9.59 Å². The zero-order valence-corrected chi connectivity index (χ0v) is 12.5. The molecule has 0 radical (unpaired) electrons. The lowest BCUT2D eigenvalue weighted by molar-refractivity contribution is -0.274. The van der Waals surface area contributed by atoms with Crippen molar-refractivity contribution in [3.05, 3.63) is 29.8 Å². The lowest BCUT2D eigenvalue weighted by atomic mass is 10.0. The van der Waals surface area contributed by atoms with Crippen LogP contribution in [0.5, 0.6) is 5.75 Å². The summed E-state index contributed by atoms with van der Waals surface area (Å²) in [6.07, 6.45) is -4.56. The number of benzene rings is 1. The van der Waals surface area contributed by atoms with Crippen LogP contribution >= 0.6 is 0 Å². The molecule has 1 aliphatic heterocycles. The second-order valence-corrected chi connectivity index (χ2v) is 5.28. The number of halogens is 3. The van der Waals surface area contributed by atoms with Crippen molar-refractivity contribution in [3.8, 4) is 5.75 Å². The molecular formula is C15H16F3NO5. The Morgan fingerprint density at radius 3 is 2.50 bits per heavy atom. The van der Waals surface area contributed by atoms with Crippen LogP contribution in [-0.4, -0.2) is 36.1 Å². The Kier molecular flexibility index (Phi) is 5.66. The number of aliphatic carboxylic acids is 1. The maximum Gasteiger partial charge on any atom is 0.573 e. The van der Waals surface area contributed by atoms with Gasteiger partial charge in [0.15, 0.2) is 0 Å². The number of carboxylic acids is 1. The standard InChI is InChI=1S/C15H16F3NO5/c16-15(17,18)24-10-5-3-9(4-6-10)11(8-13(20)21)19-14(22)12-2-1-7-23-12/h3-6,11-12H,1-2,7-8H2,(H,19,22)(H,20,21). The summed E-state index contributed by atoms with van der Waals surface area (Å²) >= 11 is 0. The van der Waals surface area contributed by atoms with Crippen LogP contribution in [0.15, 0.2) is 24.3 Å². The number of nitrogens with one attached hydrogen (secondary N) is 1. The normalized spacial score (nSPS) is 18.9. The summed E-state index contributed by atoms with van der Waals surface area (Å²) in [5.41, 5.74) is 0.360. The SMILES string of the molecule is O=C(O)CC(NC(=O)C1CCCO1)c1ccc(OC(F)(F)F)cc1. The number of carbonyl (C=O) groups is 2. The number of hydrogen-bond donors (Lipinski definition) is 2. The molecule has 1 aliphatic rings. The van der Waals surface area contributed by atoms with Gasteiger partial charge >= 0.3 is 12.3 Å². The first kappa shape index (κ1) is 18.1. The quantitative estimate of drug-likeness (QED) is 0.825. The van der Waals surface area contributed by atoms with Gasteiger partial charge in [-0.2, -0.15) is 0 Å². The number of rotatable bonds is 6. The van der Waals surface area contributed by atoms with Crippen molar-refractivity contribution >= 4 is 11.9 Å². The maximum absolute atomic E-state index is 12.1. The zero-order valence-electron chi connectivity index (χ0n) is 12.5. The molecule has 2 atom stereocenters. The molecule has 132 valence electrons. The fourth-order valence-electron chi connectivity index (χ4n) is 2.38. The highest BCUT2D eigenvalue weighted by Crippen LogP contribution is 2.26. The third-order valence-electron chi connectivity index (χ3n) is 3.43. The molecule has 1 heterocycles. The number of ether oxygens (including phenoxy) is 2. The minimum Gasteiger partial charge on any atom is -0.481 e. The van der Waals surface area contributed by atoms with Gasteiger partial charge in [0.2, 0.25) is 5.91 Å². The van der Waals surface area contributed by atoms with Crippen molar-refractivity contribution in [3.63, 3.8) is 0 Å². The van der Waals surface area contributed by atoms with E-state index in [1.165, 1.54) is 12.1 Å². The third kappa shape index (κ3) is 5.41. The topological polar surface area (TPSA) is 84.9 Å². The van der Waals surface area contributed by atoms with Gasteiger partial charge in [0, 0.05) is 6.61 Å². The van der Waals surface area contributed by atoms with E-state index in [0.29, 0.717) is 18.6 Å². The van der Waals surface area contributed by atoms with Gasteiger partial charge in [-0.15, -0.1) is 13.2 Å². The molecule has 24 heavy (non-hydrogen) atoms. The summed E-state index contributed by atoms with van der Waals surface area (Å²) in [5, 5.41) is 11.5. The molecule has 0 saturated carbocycles. The van der Waals surface area contributed by atoms with Gasteiger partial charge in [0.25, 0.3) is 0 Å². The molecule has 0 spiro atoms. The van der Waals surface area contributed by atoms with E-state index in [0.717, 1.165) is 18.6 Å². The zero-order chi connectivity index (χ0) is 17.7. The van der Waals surface area contributed by atoms with E-state index in [1.807, 2.05) is 0 Å². The molecule has 0 bridgehead atoms. The van der Waals surface area contributed by atoms with Crippen LogP contribution in [0.2, 0.25) is 0 Å². The molecule has 6 nitrogen and oxygen atoms in total. The van der Waals surface area contributed by atoms with E-state index < -0.39 is 42.6 Å². The van der Waals surface area contributed by atoms with E-state index in [-0.39, 0.29) is 0 Å². The largest absolute Gasteiger partial charge is 0.573 e. The first-order valence-corrected chi connectivity index (χ1v) is 7.24. The van der Waals surface area contributed by atoms with Crippen LogP contribution < -0.4 is 10.1 Å². The summed E-state index contributed by atoms with van der Waals surface area (Å²) in [6.45, 7) is 0.463. The number of amides is 1. The predicted octanol–water partition coefficient (Wildman–Crippen LogP) is 2.40. The minimum atomic E-state index is -4.81. The molecule has 2 N–H and O–H groups in total. The Hall–Kier alpha value is -2.29.